The van der Waals surface area contributed by atoms with Crippen molar-refractivity contribution in [2.45, 2.75) is 101 Å². The molecule has 0 spiro atoms. The molecule has 24 heteroatoms. The molecule has 6 nitrogen and oxygen atoms in total. The van der Waals surface area contributed by atoms with Crippen molar-refractivity contribution in [3.05, 3.63) is 12.2 Å². The maximum atomic E-state index is 13.9. The summed E-state index contributed by atoms with van der Waals surface area (Å²) in [4.78, 5) is 23.5. The number of alkyl halides is 15. The van der Waals surface area contributed by atoms with Gasteiger partial charge in [-0.25, -0.2) is 9.59 Å². The molecule has 0 fully saturated rings. The van der Waals surface area contributed by atoms with Crippen LogP contribution in [0.5, 0.6) is 0 Å². The van der Waals surface area contributed by atoms with Crippen LogP contribution in [-0.2, 0) is 27.3 Å². The van der Waals surface area contributed by atoms with Crippen LogP contribution in [0.1, 0.15) is 12.8 Å². The van der Waals surface area contributed by atoms with Gasteiger partial charge in [0.2, 0.25) is 0 Å². The average Bonchev–Trinajstić information content (AvgIpc) is 2.76. The third kappa shape index (κ3) is 11.2. The van der Waals surface area contributed by atoms with Crippen molar-refractivity contribution >= 4 is 37.1 Å². The predicted molar refractivity (Wildman–Crippen MR) is 132 cm³/mol. The van der Waals surface area contributed by atoms with Gasteiger partial charge in [0.15, 0.2) is 16.6 Å². The third-order valence-electron chi connectivity index (χ3n) is 4.84. The van der Waals surface area contributed by atoms with E-state index in [-0.39, 0.29) is 6.08 Å². The van der Waals surface area contributed by atoms with Crippen molar-refractivity contribution in [3.8, 4) is 0 Å². The standard InChI is InChI=1S/C21H29F15O6Si3/c1-43(2,3)41-45(7,42-44(4,5)6)12-39-13(37)8-9-14(38)40-21(35,36)20(33,34)19(31,32)18(29,30)17(27,28)15(22,23)10-11-16(24,25)26/h8-9H,10-12H2,1-7H3/b9-8+. The Morgan fingerprint density at radius 3 is 1.31 bits per heavy atom. The Kier molecular flexibility index (Phi) is 12.8. The molecule has 0 heterocycles. The fourth-order valence-corrected chi connectivity index (χ4v) is 15.0. The van der Waals surface area contributed by atoms with Crippen LogP contribution in [0.4, 0.5) is 65.9 Å². The summed E-state index contributed by atoms with van der Waals surface area (Å²) < 4.78 is 221. The fraction of sp³-hybridized carbons (Fsp3) is 0.810. The van der Waals surface area contributed by atoms with Gasteiger partial charge in [-0.15, -0.1) is 0 Å². The second kappa shape index (κ2) is 13.4. The molecule has 0 saturated heterocycles. The molecule has 0 N–H and O–H groups in total. The molecule has 0 radical (unpaired) electrons. The lowest BCUT2D eigenvalue weighted by Crippen LogP contribution is -2.71. The van der Waals surface area contributed by atoms with Crippen LogP contribution in [-0.4, -0.2) is 85.3 Å². The number of hydrogen-bond acceptors (Lipinski definition) is 6. The predicted octanol–water partition coefficient (Wildman–Crippen LogP) is 8.06. The van der Waals surface area contributed by atoms with Crippen molar-refractivity contribution in [1.82, 2.24) is 0 Å². The maximum absolute atomic E-state index is 13.9. The van der Waals surface area contributed by atoms with E-state index >= 15 is 0 Å². The van der Waals surface area contributed by atoms with Crippen LogP contribution in [0.3, 0.4) is 0 Å². The van der Waals surface area contributed by atoms with Crippen LogP contribution < -0.4 is 0 Å². The molecule has 0 aromatic heterocycles. The minimum absolute atomic E-state index is 0.0729. The van der Waals surface area contributed by atoms with Crippen molar-refractivity contribution in [1.29, 1.82) is 0 Å². The number of halogens is 15. The molecule has 0 rings (SSSR count). The summed E-state index contributed by atoms with van der Waals surface area (Å²) in [5.74, 6) is -43.2. The first-order valence-electron chi connectivity index (χ1n) is 12.2. The summed E-state index contributed by atoms with van der Waals surface area (Å²) in [6.07, 6.45) is -20.3. The van der Waals surface area contributed by atoms with Crippen molar-refractivity contribution in [2.24, 2.45) is 0 Å². The van der Waals surface area contributed by atoms with Gasteiger partial charge in [0.05, 0.1) is 0 Å². The molecule has 0 amide bonds. The second-order valence-corrected chi connectivity index (χ2v) is 24.2. The number of carbonyl (C=O) groups excluding carboxylic acids is 2. The van der Waals surface area contributed by atoms with E-state index in [4.69, 9.17) is 13.0 Å². The van der Waals surface area contributed by atoms with Gasteiger partial charge in [-0.05, 0) is 45.8 Å². The number of hydrogen-bond donors (Lipinski definition) is 0. The largest absolute Gasteiger partial charge is 0.473 e. The van der Waals surface area contributed by atoms with Gasteiger partial charge in [0.1, 0.15) is 6.23 Å². The lowest BCUT2D eigenvalue weighted by Gasteiger charge is -2.40. The van der Waals surface area contributed by atoms with Crippen molar-refractivity contribution in [3.63, 3.8) is 0 Å². The molecule has 0 saturated carbocycles. The molecular weight excluding hydrogens is 717 g/mol. The van der Waals surface area contributed by atoms with Crippen LogP contribution in [0, 0.1) is 0 Å². The van der Waals surface area contributed by atoms with E-state index in [9.17, 15) is 75.4 Å². The van der Waals surface area contributed by atoms with Crippen molar-refractivity contribution < 1.29 is 93.1 Å². The van der Waals surface area contributed by atoms with Gasteiger partial charge in [0, 0.05) is 25.0 Å². The van der Waals surface area contributed by atoms with Crippen LogP contribution in [0.15, 0.2) is 12.2 Å². The van der Waals surface area contributed by atoms with Gasteiger partial charge in [-0.3, -0.25) is 0 Å². The Bertz CT molecular complexity index is 1070. The second-order valence-electron chi connectivity index (χ2n) is 11.6. The molecule has 0 atom stereocenters. The Balaban J connectivity index is 5.93. The lowest BCUT2D eigenvalue weighted by molar-refractivity contribution is -0.451. The summed E-state index contributed by atoms with van der Waals surface area (Å²) >= 11 is 0. The summed E-state index contributed by atoms with van der Waals surface area (Å²) in [5.41, 5.74) is 0. The van der Waals surface area contributed by atoms with E-state index in [1.807, 2.05) is 0 Å². The van der Waals surface area contributed by atoms with Gasteiger partial charge < -0.3 is 17.7 Å². The Morgan fingerprint density at radius 2 is 0.933 bits per heavy atom. The molecule has 0 aliphatic rings. The maximum Gasteiger partial charge on any atom is 0.473 e. The average molecular weight is 747 g/mol. The minimum atomic E-state index is -8.20. The zero-order valence-corrected chi connectivity index (χ0v) is 27.4. The van der Waals surface area contributed by atoms with E-state index in [0.29, 0.717) is 0 Å². The first-order chi connectivity index (χ1) is 19.4. The van der Waals surface area contributed by atoms with Gasteiger partial charge in [-0.2, -0.15) is 65.9 Å². The van der Waals surface area contributed by atoms with E-state index < -0.39 is 104 Å². The highest BCUT2D eigenvalue weighted by Crippen LogP contribution is 2.61. The van der Waals surface area contributed by atoms with Gasteiger partial charge in [0.25, 0.3) is 0 Å². The molecule has 0 aromatic carbocycles. The number of ether oxygens (including phenoxy) is 2. The summed E-state index contributed by atoms with van der Waals surface area (Å²) in [5, 5.41) is 0. The fourth-order valence-electron chi connectivity index (χ4n) is 3.25. The van der Waals surface area contributed by atoms with Crippen LogP contribution in [0.2, 0.25) is 45.8 Å². The first kappa shape index (κ1) is 43.2. The molecule has 266 valence electrons. The van der Waals surface area contributed by atoms with Crippen LogP contribution >= 0.6 is 0 Å². The van der Waals surface area contributed by atoms with E-state index in [1.54, 1.807) is 39.3 Å². The summed E-state index contributed by atoms with van der Waals surface area (Å²) in [6.45, 7) is 12.0. The van der Waals surface area contributed by atoms with Gasteiger partial charge in [-0.1, -0.05) is 0 Å². The number of esters is 2. The zero-order valence-electron chi connectivity index (χ0n) is 24.4. The molecule has 45 heavy (non-hydrogen) atoms. The molecule has 0 bridgehead atoms. The third-order valence-corrected chi connectivity index (χ3v) is 13.9. The van der Waals surface area contributed by atoms with Crippen molar-refractivity contribution in [2.75, 3.05) is 6.23 Å². The van der Waals surface area contributed by atoms with E-state index in [1.165, 1.54) is 6.55 Å². The Morgan fingerprint density at radius 1 is 0.556 bits per heavy atom. The number of rotatable bonds is 16. The monoisotopic (exact) mass is 746 g/mol. The quantitative estimate of drug-likeness (QED) is 0.0690. The molecular formula is C21H29F15O6Si3. The Hall–Kier alpha value is -1.80. The topological polar surface area (TPSA) is 71.1 Å². The summed E-state index contributed by atoms with van der Waals surface area (Å²) in [6, 6.07) is 0. The summed E-state index contributed by atoms with van der Waals surface area (Å²) in [7, 11) is -7.97. The smallest absolute Gasteiger partial charge is 0.461 e. The lowest BCUT2D eigenvalue weighted by atomic mass is 9.91. The highest BCUT2D eigenvalue weighted by atomic mass is 28.5. The molecule has 0 aromatic rings. The Labute approximate surface area is 249 Å². The van der Waals surface area contributed by atoms with E-state index in [2.05, 4.69) is 4.74 Å². The van der Waals surface area contributed by atoms with Crippen LogP contribution in [0.25, 0.3) is 0 Å². The first-order valence-corrected chi connectivity index (χ1v) is 21.5. The highest BCUT2D eigenvalue weighted by Gasteiger charge is 2.91. The molecule has 0 aliphatic carbocycles. The normalized spacial score (nSPS) is 15.4. The number of carbonyl (C=O) groups is 2. The van der Waals surface area contributed by atoms with Gasteiger partial charge >= 0.3 is 62.4 Å². The minimum Gasteiger partial charge on any atom is -0.461 e. The molecule has 0 aliphatic heterocycles. The van der Waals surface area contributed by atoms with E-state index in [0.717, 1.165) is 0 Å². The highest BCUT2D eigenvalue weighted by molar-refractivity contribution is 6.87. The SMILES string of the molecule is C[Si](C)(C)O[Si](C)(COC(=O)/C=C/C(=O)OC(F)(F)C(F)(F)C(F)(F)C(F)(F)C(F)(F)C(F)(F)CCC(F)(F)F)O[Si](C)(C)C. The molecule has 0 unspecified atom stereocenters. The zero-order chi connectivity index (χ0) is 36.5.